The lowest BCUT2D eigenvalue weighted by molar-refractivity contribution is -0.137. The topological polar surface area (TPSA) is 29.4 Å². The molecule has 80 valence electrons. The van der Waals surface area contributed by atoms with Crippen LogP contribution in [0, 0.1) is 0 Å². The Bertz CT molecular complexity index is 415. The Labute approximate surface area is 99.4 Å². The Hall–Kier alpha value is -0.650. The summed E-state index contributed by atoms with van der Waals surface area (Å²) in [6.45, 7) is 0. The van der Waals surface area contributed by atoms with Crippen molar-refractivity contribution < 1.29 is 18.0 Å². The van der Waals surface area contributed by atoms with E-state index in [4.69, 9.17) is 0 Å². The molecule has 0 radical (unpaired) electrons. The fourth-order valence-corrected chi connectivity index (χ4v) is 2.25. The zero-order valence-corrected chi connectivity index (χ0v) is 10.1. The first kappa shape index (κ1) is 12.4. The van der Waals surface area contributed by atoms with Crippen LogP contribution in [0.1, 0.15) is 5.56 Å². The molecule has 0 fully saturated rings. The Morgan fingerprint density at radius 2 is 1.67 bits per heavy atom. The first-order valence-corrected chi connectivity index (χ1v) is 5.09. The summed E-state index contributed by atoms with van der Waals surface area (Å²) < 4.78 is 37.1. The van der Waals surface area contributed by atoms with Crippen molar-refractivity contribution in [3.8, 4) is 0 Å². The van der Waals surface area contributed by atoms with Gasteiger partial charge in [-0.15, -0.1) is 0 Å². The van der Waals surface area contributed by atoms with E-state index in [1.807, 2.05) is 0 Å². The summed E-state index contributed by atoms with van der Waals surface area (Å²) in [7, 11) is 0. The lowest BCUT2D eigenvalue weighted by Crippen LogP contribution is -2.04. The molecule has 0 aliphatic carbocycles. The van der Waals surface area contributed by atoms with Gasteiger partial charge in [-0.2, -0.15) is 18.2 Å². The molecule has 0 unspecified atom stereocenters. The van der Waals surface area contributed by atoms with E-state index in [0.717, 1.165) is 12.1 Å². The molecule has 0 bridgehead atoms. The Morgan fingerprint density at radius 3 is 2.00 bits per heavy atom. The van der Waals surface area contributed by atoms with Crippen LogP contribution in [-0.4, -0.2) is 6.08 Å². The van der Waals surface area contributed by atoms with Crippen molar-refractivity contribution in [2.75, 3.05) is 0 Å². The number of carbonyl (C=O) groups excluding carboxylic acids is 1. The minimum Gasteiger partial charge on any atom is -0.211 e. The van der Waals surface area contributed by atoms with Gasteiger partial charge in [0.25, 0.3) is 0 Å². The predicted octanol–water partition coefficient (Wildman–Crippen LogP) is 4.20. The lowest BCUT2D eigenvalue weighted by atomic mass is 10.2. The quantitative estimate of drug-likeness (QED) is 0.554. The maximum atomic E-state index is 12.3. The number of alkyl halides is 3. The van der Waals surface area contributed by atoms with Crippen molar-refractivity contribution in [2.24, 2.45) is 4.99 Å². The maximum absolute atomic E-state index is 12.3. The molecular weight excluding hydrogens is 343 g/mol. The zero-order valence-electron chi connectivity index (χ0n) is 6.90. The van der Waals surface area contributed by atoms with E-state index in [1.54, 1.807) is 0 Å². The van der Waals surface area contributed by atoms with Gasteiger partial charge in [-0.05, 0) is 44.0 Å². The first-order valence-electron chi connectivity index (χ1n) is 3.50. The summed E-state index contributed by atoms with van der Waals surface area (Å²) in [4.78, 5) is 13.3. The van der Waals surface area contributed by atoms with Crippen LogP contribution in [0.4, 0.5) is 18.9 Å². The van der Waals surface area contributed by atoms with Gasteiger partial charge >= 0.3 is 6.18 Å². The average Bonchev–Trinajstić information content (AvgIpc) is 2.09. The van der Waals surface area contributed by atoms with Crippen LogP contribution in [0.25, 0.3) is 0 Å². The molecule has 0 saturated heterocycles. The van der Waals surface area contributed by atoms with Gasteiger partial charge in [-0.25, -0.2) is 4.79 Å². The molecule has 2 nitrogen and oxygen atoms in total. The monoisotopic (exact) mass is 343 g/mol. The average molecular weight is 345 g/mol. The van der Waals surface area contributed by atoms with Gasteiger partial charge < -0.3 is 0 Å². The summed E-state index contributed by atoms with van der Waals surface area (Å²) >= 11 is 5.78. The van der Waals surface area contributed by atoms with Gasteiger partial charge in [0.2, 0.25) is 6.08 Å². The minimum absolute atomic E-state index is 0.0764. The van der Waals surface area contributed by atoms with Crippen LogP contribution >= 0.6 is 31.9 Å². The van der Waals surface area contributed by atoms with Crippen LogP contribution < -0.4 is 0 Å². The zero-order chi connectivity index (χ0) is 11.6. The Balaban J connectivity index is 3.38. The van der Waals surface area contributed by atoms with Gasteiger partial charge in [0.05, 0.1) is 5.56 Å². The molecule has 1 rings (SSSR count). The fourth-order valence-electron chi connectivity index (χ4n) is 0.882. The highest BCUT2D eigenvalue weighted by Gasteiger charge is 2.31. The molecule has 0 amide bonds. The number of halogens is 5. The molecule has 0 heterocycles. The van der Waals surface area contributed by atoms with Gasteiger partial charge in [-0.3, -0.25) is 0 Å². The second kappa shape index (κ2) is 4.47. The summed E-state index contributed by atoms with van der Waals surface area (Å²) in [5.41, 5.74) is -0.746. The molecule has 0 atom stereocenters. The number of isocyanates is 1. The van der Waals surface area contributed by atoms with Crippen LogP contribution in [0.5, 0.6) is 0 Å². The Morgan fingerprint density at radius 1 is 1.20 bits per heavy atom. The molecule has 15 heavy (non-hydrogen) atoms. The highest BCUT2D eigenvalue weighted by Crippen LogP contribution is 2.39. The molecule has 7 heteroatoms. The molecule has 1 aromatic carbocycles. The van der Waals surface area contributed by atoms with Crippen LogP contribution in [0.2, 0.25) is 0 Å². The van der Waals surface area contributed by atoms with E-state index in [9.17, 15) is 18.0 Å². The highest BCUT2D eigenvalue weighted by molar-refractivity contribution is 9.11. The molecule has 0 spiro atoms. The van der Waals surface area contributed by atoms with Crippen LogP contribution in [0.15, 0.2) is 26.1 Å². The number of aliphatic imine (C=N–C) groups is 1. The lowest BCUT2D eigenvalue weighted by Gasteiger charge is -2.09. The maximum Gasteiger partial charge on any atom is 0.416 e. The number of hydrogen-bond acceptors (Lipinski definition) is 2. The van der Waals surface area contributed by atoms with E-state index < -0.39 is 11.7 Å². The normalized spacial score (nSPS) is 11.0. The van der Waals surface area contributed by atoms with E-state index >= 15 is 0 Å². The summed E-state index contributed by atoms with van der Waals surface area (Å²) in [5.74, 6) is 0. The van der Waals surface area contributed by atoms with Crippen molar-refractivity contribution >= 4 is 43.6 Å². The largest absolute Gasteiger partial charge is 0.416 e. The van der Waals surface area contributed by atoms with E-state index in [2.05, 4.69) is 36.9 Å². The van der Waals surface area contributed by atoms with Gasteiger partial charge in [0, 0.05) is 8.95 Å². The SMILES string of the molecule is O=C=Nc1c(Br)cc(C(F)(F)F)cc1Br. The fraction of sp³-hybridized carbons (Fsp3) is 0.125. The summed E-state index contributed by atoms with van der Waals surface area (Å²) in [6, 6.07) is 1.70. The second-order valence-electron chi connectivity index (χ2n) is 2.49. The second-order valence-corrected chi connectivity index (χ2v) is 4.20. The van der Waals surface area contributed by atoms with Crippen molar-refractivity contribution in [3.63, 3.8) is 0 Å². The van der Waals surface area contributed by atoms with Gasteiger partial charge in [-0.1, -0.05) is 0 Å². The Kier molecular flexibility index (Phi) is 3.70. The van der Waals surface area contributed by atoms with Crippen LogP contribution in [0.3, 0.4) is 0 Å². The van der Waals surface area contributed by atoms with Gasteiger partial charge in [0.15, 0.2) is 0 Å². The smallest absolute Gasteiger partial charge is 0.211 e. The van der Waals surface area contributed by atoms with Crippen molar-refractivity contribution in [1.29, 1.82) is 0 Å². The van der Waals surface area contributed by atoms with Crippen molar-refractivity contribution in [1.82, 2.24) is 0 Å². The van der Waals surface area contributed by atoms with Crippen LogP contribution in [-0.2, 0) is 11.0 Å². The molecule has 0 N–H and O–H groups in total. The molecule has 0 aliphatic rings. The third-order valence-electron chi connectivity index (χ3n) is 1.50. The molecule has 0 aromatic heterocycles. The first-order chi connectivity index (χ1) is 6.86. The van der Waals surface area contributed by atoms with E-state index in [0.29, 0.717) is 0 Å². The third-order valence-corrected chi connectivity index (χ3v) is 2.71. The third kappa shape index (κ3) is 2.90. The molecular formula is C8H2Br2F3NO. The standard InChI is InChI=1S/C8H2Br2F3NO/c9-5-1-4(8(11,12)13)2-6(10)7(5)14-3-15/h1-2H. The number of rotatable bonds is 1. The van der Waals surface area contributed by atoms with Crippen molar-refractivity contribution in [3.05, 3.63) is 26.6 Å². The minimum atomic E-state index is -4.44. The van der Waals surface area contributed by atoms with Gasteiger partial charge in [0.1, 0.15) is 5.69 Å². The number of benzene rings is 1. The highest BCUT2D eigenvalue weighted by atomic mass is 79.9. The number of nitrogens with zero attached hydrogens (tertiary/aromatic N) is 1. The molecule has 0 aliphatic heterocycles. The summed E-state index contributed by atoms with van der Waals surface area (Å²) in [6.07, 6.45) is -3.18. The molecule has 0 saturated carbocycles. The summed E-state index contributed by atoms with van der Waals surface area (Å²) in [5, 5.41) is 0. The van der Waals surface area contributed by atoms with E-state index in [-0.39, 0.29) is 14.6 Å². The molecule has 1 aromatic rings. The van der Waals surface area contributed by atoms with Crippen molar-refractivity contribution in [2.45, 2.75) is 6.18 Å². The number of hydrogen-bond donors (Lipinski definition) is 0. The van der Waals surface area contributed by atoms with E-state index in [1.165, 1.54) is 6.08 Å². The predicted molar refractivity (Wildman–Crippen MR) is 54.6 cm³/mol.